The van der Waals surface area contributed by atoms with Crippen molar-refractivity contribution in [3.05, 3.63) is 0 Å². The zero-order valence-electron chi connectivity index (χ0n) is 7.58. The molecule has 0 saturated carbocycles. The van der Waals surface area contributed by atoms with Crippen molar-refractivity contribution >= 4 is 37.9 Å². The van der Waals surface area contributed by atoms with Gasteiger partial charge in [0, 0.05) is 0 Å². The lowest BCUT2D eigenvalue weighted by atomic mass is 9.96. The third-order valence-corrected chi connectivity index (χ3v) is 2.97. The molecule has 0 aliphatic carbocycles. The lowest BCUT2D eigenvalue weighted by molar-refractivity contribution is 0.434. The van der Waals surface area contributed by atoms with Gasteiger partial charge in [-0.05, 0) is 55.3 Å². The highest BCUT2D eigenvalue weighted by molar-refractivity contribution is 7.80. The van der Waals surface area contributed by atoms with Gasteiger partial charge in [0.15, 0.2) is 0 Å². The van der Waals surface area contributed by atoms with E-state index < -0.39 is 0 Å². The standard InChI is InChI=1S/C9H20S3/c10-6-1-3-9(5-8-12)4-2-7-11/h9-12H,1-8H2. The van der Waals surface area contributed by atoms with Gasteiger partial charge in [0.2, 0.25) is 0 Å². The Hall–Kier alpha value is 1.05. The number of hydrogen-bond acceptors (Lipinski definition) is 3. The summed E-state index contributed by atoms with van der Waals surface area (Å²) in [5, 5.41) is 0. The summed E-state index contributed by atoms with van der Waals surface area (Å²) >= 11 is 12.7. The highest BCUT2D eigenvalue weighted by Crippen LogP contribution is 2.18. The van der Waals surface area contributed by atoms with Crippen molar-refractivity contribution < 1.29 is 0 Å². The van der Waals surface area contributed by atoms with Crippen LogP contribution in [0.5, 0.6) is 0 Å². The molecule has 0 bridgehead atoms. The van der Waals surface area contributed by atoms with Gasteiger partial charge < -0.3 is 0 Å². The summed E-state index contributed by atoms with van der Waals surface area (Å²) in [6.45, 7) is 0. The Labute approximate surface area is 93.1 Å². The van der Waals surface area contributed by atoms with Crippen molar-refractivity contribution in [2.24, 2.45) is 5.92 Å². The predicted octanol–water partition coefficient (Wildman–Crippen LogP) is 3.34. The Bertz CT molecular complexity index is 77.8. The van der Waals surface area contributed by atoms with E-state index in [0.717, 1.165) is 23.2 Å². The first-order valence-corrected chi connectivity index (χ1v) is 6.57. The topological polar surface area (TPSA) is 0 Å². The van der Waals surface area contributed by atoms with E-state index in [1.165, 1.54) is 32.1 Å². The maximum atomic E-state index is 4.27. The molecule has 0 fully saturated rings. The van der Waals surface area contributed by atoms with Gasteiger partial charge in [0.1, 0.15) is 0 Å². The van der Waals surface area contributed by atoms with E-state index >= 15 is 0 Å². The van der Waals surface area contributed by atoms with E-state index in [0.29, 0.717) is 0 Å². The summed E-state index contributed by atoms with van der Waals surface area (Å²) in [6, 6.07) is 0. The summed E-state index contributed by atoms with van der Waals surface area (Å²) in [5.74, 6) is 3.92. The fraction of sp³-hybridized carbons (Fsp3) is 1.00. The summed E-state index contributed by atoms with van der Waals surface area (Å²) < 4.78 is 0. The zero-order chi connectivity index (χ0) is 9.23. The van der Waals surface area contributed by atoms with E-state index in [1.54, 1.807) is 0 Å². The largest absolute Gasteiger partial charge is 0.179 e. The van der Waals surface area contributed by atoms with Crippen LogP contribution in [0.1, 0.15) is 32.1 Å². The van der Waals surface area contributed by atoms with Crippen LogP contribution in [0.2, 0.25) is 0 Å². The Balaban J connectivity index is 3.40. The molecular formula is C9H20S3. The molecule has 0 atom stereocenters. The van der Waals surface area contributed by atoms with Gasteiger partial charge in [-0.2, -0.15) is 37.9 Å². The molecule has 12 heavy (non-hydrogen) atoms. The van der Waals surface area contributed by atoms with Crippen LogP contribution >= 0.6 is 37.9 Å². The molecule has 0 aromatic heterocycles. The Morgan fingerprint density at radius 3 is 1.50 bits per heavy atom. The van der Waals surface area contributed by atoms with E-state index in [1.807, 2.05) is 0 Å². The first-order chi connectivity index (χ1) is 5.85. The number of thiol groups is 3. The molecule has 0 radical (unpaired) electrons. The van der Waals surface area contributed by atoms with Crippen molar-refractivity contribution in [2.45, 2.75) is 32.1 Å². The molecule has 0 rings (SSSR count). The normalized spacial score (nSPS) is 11.0. The molecule has 0 aliphatic rings. The van der Waals surface area contributed by atoms with Crippen molar-refractivity contribution in [3.63, 3.8) is 0 Å². The minimum atomic E-state index is 0.863. The molecule has 0 heterocycles. The van der Waals surface area contributed by atoms with Crippen LogP contribution in [0, 0.1) is 5.92 Å². The molecule has 0 spiro atoms. The van der Waals surface area contributed by atoms with Crippen LogP contribution in [0.3, 0.4) is 0 Å². The molecule has 0 N–H and O–H groups in total. The SMILES string of the molecule is SCCCC(CCS)CCCS. The Kier molecular flexibility index (Phi) is 11.0. The molecule has 3 heteroatoms. The summed E-state index contributed by atoms with van der Waals surface area (Å²) in [5.41, 5.74) is 0. The summed E-state index contributed by atoms with van der Waals surface area (Å²) in [7, 11) is 0. The van der Waals surface area contributed by atoms with Crippen molar-refractivity contribution in [3.8, 4) is 0 Å². The van der Waals surface area contributed by atoms with Gasteiger partial charge in [-0.1, -0.05) is 0 Å². The van der Waals surface area contributed by atoms with Crippen LogP contribution in [-0.2, 0) is 0 Å². The van der Waals surface area contributed by atoms with E-state index in [-0.39, 0.29) is 0 Å². The Morgan fingerprint density at radius 2 is 1.17 bits per heavy atom. The quantitative estimate of drug-likeness (QED) is 0.518. The second kappa shape index (κ2) is 10.1. The maximum absolute atomic E-state index is 4.27. The molecule has 0 saturated heterocycles. The van der Waals surface area contributed by atoms with Crippen LogP contribution < -0.4 is 0 Å². The van der Waals surface area contributed by atoms with Crippen molar-refractivity contribution in [1.29, 1.82) is 0 Å². The highest BCUT2D eigenvalue weighted by atomic mass is 32.1. The van der Waals surface area contributed by atoms with Gasteiger partial charge in [-0.15, -0.1) is 0 Å². The van der Waals surface area contributed by atoms with Crippen LogP contribution in [-0.4, -0.2) is 17.3 Å². The lowest BCUT2D eigenvalue weighted by Gasteiger charge is -2.14. The third kappa shape index (κ3) is 7.69. The van der Waals surface area contributed by atoms with Gasteiger partial charge >= 0.3 is 0 Å². The third-order valence-electron chi connectivity index (χ3n) is 2.08. The zero-order valence-corrected chi connectivity index (χ0v) is 10.3. The van der Waals surface area contributed by atoms with Crippen molar-refractivity contribution in [2.75, 3.05) is 17.3 Å². The summed E-state index contributed by atoms with van der Waals surface area (Å²) in [4.78, 5) is 0. The monoisotopic (exact) mass is 224 g/mol. The van der Waals surface area contributed by atoms with Gasteiger partial charge in [-0.3, -0.25) is 0 Å². The summed E-state index contributed by atoms with van der Waals surface area (Å²) in [6.07, 6.45) is 6.38. The minimum absolute atomic E-state index is 0.863. The van der Waals surface area contributed by atoms with Gasteiger partial charge in [0.25, 0.3) is 0 Å². The lowest BCUT2D eigenvalue weighted by Crippen LogP contribution is -2.02. The fourth-order valence-corrected chi connectivity index (χ4v) is 2.11. The average molecular weight is 224 g/mol. The first-order valence-electron chi connectivity index (χ1n) is 4.67. The van der Waals surface area contributed by atoms with Gasteiger partial charge in [0.05, 0.1) is 0 Å². The fourth-order valence-electron chi connectivity index (χ4n) is 1.38. The van der Waals surface area contributed by atoms with E-state index in [2.05, 4.69) is 37.9 Å². The van der Waals surface area contributed by atoms with Crippen LogP contribution in [0.15, 0.2) is 0 Å². The Morgan fingerprint density at radius 1 is 0.667 bits per heavy atom. The molecule has 0 unspecified atom stereocenters. The molecule has 0 aromatic carbocycles. The van der Waals surface area contributed by atoms with E-state index in [9.17, 15) is 0 Å². The molecule has 0 aliphatic heterocycles. The highest BCUT2D eigenvalue weighted by Gasteiger charge is 2.06. The van der Waals surface area contributed by atoms with Crippen LogP contribution in [0.25, 0.3) is 0 Å². The van der Waals surface area contributed by atoms with Crippen molar-refractivity contribution in [1.82, 2.24) is 0 Å². The molecule has 0 nitrogen and oxygen atoms in total. The smallest absolute Gasteiger partial charge is 0.00953 e. The van der Waals surface area contributed by atoms with E-state index in [4.69, 9.17) is 0 Å². The number of rotatable bonds is 8. The minimum Gasteiger partial charge on any atom is -0.179 e. The average Bonchev–Trinajstić information content (AvgIpc) is 2.10. The maximum Gasteiger partial charge on any atom is -0.00953 e. The van der Waals surface area contributed by atoms with Crippen LogP contribution in [0.4, 0.5) is 0 Å². The molecule has 74 valence electrons. The van der Waals surface area contributed by atoms with Gasteiger partial charge in [-0.25, -0.2) is 0 Å². The second-order valence-electron chi connectivity index (χ2n) is 3.11. The molecule has 0 amide bonds. The molecular weight excluding hydrogens is 204 g/mol. The first kappa shape index (κ1) is 13.1. The number of hydrogen-bond donors (Lipinski definition) is 3. The second-order valence-corrected chi connectivity index (χ2v) is 4.45. The molecule has 0 aromatic rings. The predicted molar refractivity (Wildman–Crippen MR) is 68.1 cm³/mol.